The van der Waals surface area contributed by atoms with E-state index in [1.165, 1.54) is 33.4 Å². The summed E-state index contributed by atoms with van der Waals surface area (Å²) < 4.78 is 0. The van der Waals surface area contributed by atoms with Gasteiger partial charge < -0.3 is 15.1 Å². The second-order valence-corrected chi connectivity index (χ2v) is 29.8. The standard InChI is InChI=1S/C75H80N4O2S/c1-70(2,3)49-35-46(36-50(41-49)71(4,5)6)65-56-26-28-58(76-56)66(47-37-51(72(7,8)9)42-52(38-47)73(10,11)12)60-30-32-62(78-60)68(64-34-25-55(82-64)24-21-44-19-22-45(23-20-44)69(80)81)63-33-31-61(79-63)67(59-29-27-57(65)77-59)48-39-53(74(13,14)15)43-54(40-48)75(16,17)18/h19-20,22-23,25-43,76,79H,1-18H3,(H,80,81). The van der Waals surface area contributed by atoms with Crippen molar-refractivity contribution in [1.82, 2.24) is 19.9 Å². The number of aromatic nitrogens is 4. The summed E-state index contributed by atoms with van der Waals surface area (Å²) in [6.07, 6.45) is 8.78. The first-order valence-corrected chi connectivity index (χ1v) is 29.6. The van der Waals surface area contributed by atoms with Gasteiger partial charge in [-0.3, -0.25) is 0 Å². The summed E-state index contributed by atoms with van der Waals surface area (Å²) in [6, 6.07) is 41.2. The summed E-state index contributed by atoms with van der Waals surface area (Å²) in [5, 5.41) is 9.53. The molecule has 0 radical (unpaired) electrons. The van der Waals surface area contributed by atoms with Crippen molar-refractivity contribution in [1.29, 1.82) is 0 Å². The second kappa shape index (κ2) is 20.6. The summed E-state index contributed by atoms with van der Waals surface area (Å²) in [4.78, 5) is 33.2. The molecule has 82 heavy (non-hydrogen) atoms. The van der Waals surface area contributed by atoms with Crippen molar-refractivity contribution < 1.29 is 9.90 Å². The molecule has 6 heterocycles. The smallest absolute Gasteiger partial charge is 0.335 e. The van der Waals surface area contributed by atoms with Gasteiger partial charge in [0.05, 0.1) is 33.2 Å². The molecule has 0 amide bonds. The third kappa shape index (κ3) is 11.8. The Hall–Kier alpha value is -7.79. The number of H-pyrrole nitrogens is 2. The van der Waals surface area contributed by atoms with Gasteiger partial charge in [-0.1, -0.05) is 191 Å². The van der Waals surface area contributed by atoms with Crippen LogP contribution in [0.1, 0.15) is 202 Å². The first kappa shape index (κ1) is 57.4. The SMILES string of the molecule is CC(C)(C)c1cc(-c2c3nc(c(-c4cc(C(C)(C)C)cc(C(C)(C)C)c4)c4ccc([nH]4)c(-c4ccc(C#Cc5ccc(C(=O)O)cc5)s4)c4nc(c(-c5cc(C(C)(C)C)cc(C(C)(C)C)c5)c5ccc2[nH]5)C=C4)C=C3)cc(C(C)(C)C)c1. The van der Waals surface area contributed by atoms with Gasteiger partial charge in [0.1, 0.15) is 0 Å². The zero-order chi connectivity index (χ0) is 59.2. The number of carboxylic acid groups (broad SMARTS) is 1. The van der Waals surface area contributed by atoms with Gasteiger partial charge in [0, 0.05) is 54.8 Å². The Kier molecular flexibility index (Phi) is 14.4. The normalized spacial score (nSPS) is 13.1. The predicted octanol–water partition coefficient (Wildman–Crippen LogP) is 20.3. The van der Waals surface area contributed by atoms with Crippen molar-refractivity contribution in [2.75, 3.05) is 0 Å². The Bertz CT molecular complexity index is 4000. The number of hydrogen-bond donors (Lipinski definition) is 3. The van der Waals surface area contributed by atoms with Crippen LogP contribution >= 0.6 is 11.3 Å². The molecule has 8 aromatic rings. The van der Waals surface area contributed by atoms with Gasteiger partial charge in [0.2, 0.25) is 0 Å². The highest BCUT2D eigenvalue weighted by molar-refractivity contribution is 7.16. The molecular formula is C75H80N4O2S. The van der Waals surface area contributed by atoms with E-state index in [2.05, 4.69) is 262 Å². The summed E-state index contributed by atoms with van der Waals surface area (Å²) in [7, 11) is 0. The number of carbonyl (C=O) groups is 1. The largest absolute Gasteiger partial charge is 0.478 e. The van der Waals surface area contributed by atoms with Gasteiger partial charge in [-0.25, -0.2) is 14.8 Å². The second-order valence-electron chi connectivity index (χ2n) is 28.7. The van der Waals surface area contributed by atoms with E-state index in [1.807, 2.05) is 0 Å². The van der Waals surface area contributed by atoms with E-state index in [1.54, 1.807) is 35.6 Å². The molecule has 418 valence electrons. The van der Waals surface area contributed by atoms with Crippen LogP contribution in [-0.4, -0.2) is 31.0 Å². The van der Waals surface area contributed by atoms with E-state index in [9.17, 15) is 9.90 Å². The van der Waals surface area contributed by atoms with Crippen molar-refractivity contribution >= 4 is 63.7 Å². The Morgan fingerprint density at radius 1 is 0.390 bits per heavy atom. The number of thiophene rings is 1. The van der Waals surface area contributed by atoms with E-state index in [-0.39, 0.29) is 38.1 Å². The predicted molar refractivity (Wildman–Crippen MR) is 350 cm³/mol. The maximum atomic E-state index is 11.6. The van der Waals surface area contributed by atoms with E-state index in [4.69, 9.17) is 9.97 Å². The molecule has 10 rings (SSSR count). The average Bonchev–Trinajstić information content (AvgIpc) is 4.36. The molecule has 0 saturated carbocycles. The third-order valence-electron chi connectivity index (χ3n) is 15.9. The summed E-state index contributed by atoms with van der Waals surface area (Å²) in [6.45, 7) is 41.3. The quantitative estimate of drug-likeness (QED) is 0.150. The summed E-state index contributed by atoms with van der Waals surface area (Å²) in [5.41, 5.74) is 22.3. The van der Waals surface area contributed by atoms with Gasteiger partial charge in [-0.2, -0.15) is 0 Å². The highest BCUT2D eigenvalue weighted by atomic mass is 32.1. The number of hydrogen-bond acceptors (Lipinski definition) is 4. The minimum atomic E-state index is -0.963. The number of rotatable bonds is 5. The molecule has 7 heteroatoms. The first-order valence-electron chi connectivity index (χ1n) is 28.8. The van der Waals surface area contributed by atoms with E-state index in [0.717, 1.165) is 99.1 Å². The van der Waals surface area contributed by atoms with Crippen LogP contribution in [0.2, 0.25) is 0 Å². The van der Waals surface area contributed by atoms with Gasteiger partial charge in [-0.15, -0.1) is 11.3 Å². The van der Waals surface area contributed by atoms with E-state index < -0.39 is 5.97 Å². The van der Waals surface area contributed by atoms with Crippen LogP contribution in [0.5, 0.6) is 0 Å². The lowest BCUT2D eigenvalue weighted by atomic mass is 9.78. The van der Waals surface area contributed by atoms with Crippen LogP contribution in [-0.2, 0) is 32.5 Å². The number of aromatic carboxylic acids is 1. The zero-order valence-corrected chi connectivity index (χ0v) is 52.3. The van der Waals surface area contributed by atoms with E-state index >= 15 is 0 Å². The topological polar surface area (TPSA) is 94.7 Å². The number of nitrogens with zero attached hydrogens (tertiary/aromatic N) is 2. The maximum absolute atomic E-state index is 11.6. The molecule has 4 aromatic carbocycles. The summed E-state index contributed by atoms with van der Waals surface area (Å²) in [5.74, 6) is 5.70. The molecule has 0 aliphatic carbocycles. The number of carboxylic acids is 1. The Morgan fingerprint density at radius 2 is 0.695 bits per heavy atom. The Balaban J connectivity index is 1.38. The maximum Gasteiger partial charge on any atom is 0.335 e. The molecular weight excluding hydrogens is 1020 g/mol. The third-order valence-corrected chi connectivity index (χ3v) is 16.9. The number of benzene rings is 4. The lowest BCUT2D eigenvalue weighted by molar-refractivity contribution is 0.0696. The monoisotopic (exact) mass is 1100 g/mol. The van der Waals surface area contributed by atoms with Crippen LogP contribution in [0, 0.1) is 11.8 Å². The van der Waals surface area contributed by atoms with Crippen molar-refractivity contribution in [2.45, 2.75) is 157 Å². The van der Waals surface area contributed by atoms with Crippen LogP contribution in [0.4, 0.5) is 0 Å². The van der Waals surface area contributed by atoms with Crippen LogP contribution in [0.3, 0.4) is 0 Å². The van der Waals surface area contributed by atoms with Gasteiger partial charge in [-0.05, 0) is 168 Å². The van der Waals surface area contributed by atoms with Gasteiger partial charge in [0.15, 0.2) is 0 Å². The molecule has 2 aliphatic heterocycles. The number of fused-ring (bicyclic) bond motifs is 8. The average molecular weight is 1100 g/mol. The number of aromatic amines is 2. The minimum Gasteiger partial charge on any atom is -0.478 e. The molecule has 3 N–H and O–H groups in total. The fraction of sp³-hybridized carbons (Fsp3) is 0.320. The van der Waals surface area contributed by atoms with Crippen LogP contribution in [0.15, 0.2) is 115 Å². The molecule has 0 unspecified atom stereocenters. The number of nitrogens with one attached hydrogen (secondary N) is 2. The molecule has 0 spiro atoms. The molecule has 6 nitrogen and oxygen atoms in total. The van der Waals surface area contributed by atoms with Crippen molar-refractivity contribution in [3.63, 3.8) is 0 Å². The molecule has 0 fully saturated rings. The summed E-state index contributed by atoms with van der Waals surface area (Å²) >= 11 is 1.61. The molecule has 8 bridgehead atoms. The van der Waals surface area contributed by atoms with Crippen LogP contribution in [0.25, 0.3) is 90.2 Å². The molecule has 0 atom stereocenters. The lowest BCUT2D eigenvalue weighted by Gasteiger charge is -2.26. The van der Waals surface area contributed by atoms with Crippen molar-refractivity contribution in [2.24, 2.45) is 0 Å². The minimum absolute atomic E-state index is 0.119. The van der Waals surface area contributed by atoms with Gasteiger partial charge in [0.25, 0.3) is 0 Å². The Morgan fingerprint density at radius 3 is 1.00 bits per heavy atom. The highest BCUT2D eigenvalue weighted by Crippen LogP contribution is 2.44. The molecule has 0 saturated heterocycles. The fourth-order valence-electron chi connectivity index (χ4n) is 10.7. The highest BCUT2D eigenvalue weighted by Gasteiger charge is 2.28. The molecule has 4 aromatic heterocycles. The van der Waals surface area contributed by atoms with Crippen molar-refractivity contribution in [3.05, 3.63) is 187 Å². The Labute approximate surface area is 491 Å². The lowest BCUT2D eigenvalue weighted by Crippen LogP contribution is -2.16. The first-order chi connectivity index (χ1) is 38.2. The molecule has 2 aliphatic rings. The van der Waals surface area contributed by atoms with E-state index in [0.29, 0.717) is 0 Å². The fourth-order valence-corrected chi connectivity index (χ4v) is 11.6. The zero-order valence-electron chi connectivity index (χ0n) is 51.4. The van der Waals surface area contributed by atoms with Gasteiger partial charge >= 0.3 is 5.97 Å². The van der Waals surface area contributed by atoms with Crippen LogP contribution < -0.4 is 0 Å². The van der Waals surface area contributed by atoms with Crippen molar-refractivity contribution in [3.8, 4) is 55.7 Å².